The molecule has 1 amide bonds. The molecule has 3 aromatic carbocycles. The van der Waals surface area contributed by atoms with E-state index in [0.29, 0.717) is 31.6 Å². The number of amides is 1. The molecule has 182 valence electrons. The molecule has 0 saturated heterocycles. The number of ether oxygens (including phenoxy) is 1. The quantitative estimate of drug-likeness (QED) is 0.273. The molecule has 0 fully saturated rings. The zero-order chi connectivity index (χ0) is 25.8. The number of carbonyl (C=O) groups excluding carboxylic acids is 2. The highest BCUT2D eigenvalue weighted by atomic mass is 35.5. The van der Waals surface area contributed by atoms with Crippen molar-refractivity contribution in [2.75, 3.05) is 6.61 Å². The Morgan fingerprint density at radius 2 is 1.78 bits per heavy atom. The van der Waals surface area contributed by atoms with E-state index in [-0.39, 0.29) is 19.1 Å². The zero-order valence-corrected chi connectivity index (χ0v) is 21.1. The molecular weight excluding hydrogens is 506 g/mol. The van der Waals surface area contributed by atoms with E-state index in [1.165, 1.54) is 11.8 Å². The Balaban J connectivity index is 1.31. The molecule has 0 spiro atoms. The summed E-state index contributed by atoms with van der Waals surface area (Å²) in [6.07, 6.45) is 1.73. The summed E-state index contributed by atoms with van der Waals surface area (Å²) >= 11 is 7.69. The molecule has 4 aromatic rings. The summed E-state index contributed by atoms with van der Waals surface area (Å²) in [5.41, 5.74) is 5.96. The zero-order valence-electron chi connectivity index (χ0n) is 19.5. The predicted molar refractivity (Wildman–Crippen MR) is 142 cm³/mol. The number of pyridine rings is 1. The monoisotopic (exact) mass is 525 g/mol. The first kappa shape index (κ1) is 24.6. The SMILES string of the molecule is N#Cc1cc(Cl)c(Sc2ncccc2C=O)c(CNC(=O)OCC2c3ccccc3-c3ccccc32)c1. The van der Waals surface area contributed by atoms with Crippen LogP contribution < -0.4 is 5.32 Å². The third-order valence-corrected chi connectivity index (χ3v) is 7.77. The molecule has 0 radical (unpaired) electrons. The molecule has 1 N–H and O–H groups in total. The van der Waals surface area contributed by atoms with E-state index in [1.807, 2.05) is 24.3 Å². The van der Waals surface area contributed by atoms with Crippen molar-refractivity contribution in [2.45, 2.75) is 22.4 Å². The number of nitrogens with one attached hydrogen (secondary N) is 1. The van der Waals surface area contributed by atoms with Gasteiger partial charge in [-0.2, -0.15) is 5.26 Å². The molecule has 0 unspecified atom stereocenters. The van der Waals surface area contributed by atoms with Crippen LogP contribution in [0.25, 0.3) is 11.1 Å². The van der Waals surface area contributed by atoms with Gasteiger partial charge in [0.05, 0.1) is 16.7 Å². The van der Waals surface area contributed by atoms with Gasteiger partial charge in [-0.05, 0) is 52.1 Å². The van der Waals surface area contributed by atoms with Crippen LogP contribution in [0.15, 0.2) is 88.9 Å². The Morgan fingerprint density at radius 3 is 2.46 bits per heavy atom. The number of hydrogen-bond donors (Lipinski definition) is 1. The van der Waals surface area contributed by atoms with Gasteiger partial charge < -0.3 is 10.1 Å². The van der Waals surface area contributed by atoms with Gasteiger partial charge in [0.25, 0.3) is 0 Å². The van der Waals surface area contributed by atoms with Crippen LogP contribution in [0.3, 0.4) is 0 Å². The van der Waals surface area contributed by atoms with Gasteiger partial charge in [0.15, 0.2) is 6.29 Å². The predicted octanol–water partition coefficient (Wildman–Crippen LogP) is 6.61. The summed E-state index contributed by atoms with van der Waals surface area (Å²) in [5.74, 6) is -0.0495. The van der Waals surface area contributed by atoms with Crippen molar-refractivity contribution in [1.82, 2.24) is 10.3 Å². The molecule has 0 saturated carbocycles. The summed E-state index contributed by atoms with van der Waals surface area (Å²) in [6.45, 7) is 0.272. The lowest BCUT2D eigenvalue weighted by atomic mass is 9.98. The number of carbonyl (C=O) groups is 2. The number of benzene rings is 3. The topological polar surface area (TPSA) is 92.1 Å². The van der Waals surface area contributed by atoms with Gasteiger partial charge in [-0.1, -0.05) is 71.9 Å². The van der Waals surface area contributed by atoms with Gasteiger partial charge in [0, 0.05) is 29.1 Å². The number of rotatable bonds is 7. The summed E-state index contributed by atoms with van der Waals surface area (Å²) < 4.78 is 5.63. The Labute approximate surface area is 223 Å². The fraction of sp³-hybridized carbons (Fsp3) is 0.103. The van der Waals surface area contributed by atoms with Crippen molar-refractivity contribution in [3.63, 3.8) is 0 Å². The molecule has 0 atom stereocenters. The Bertz CT molecular complexity index is 1500. The number of nitriles is 1. The fourth-order valence-corrected chi connectivity index (χ4v) is 5.77. The standard InChI is InChI=1S/C29H20ClN3O3S/c30-26-13-18(14-31)12-20(27(26)37-28-19(16-34)6-5-11-32-28)15-33-29(35)36-17-25-23-9-3-1-7-21(23)22-8-2-4-10-24(22)25/h1-13,16,25H,15,17H2,(H,33,35). The van der Waals surface area contributed by atoms with Gasteiger partial charge in [0.1, 0.15) is 11.6 Å². The summed E-state index contributed by atoms with van der Waals surface area (Å²) in [6, 6.07) is 24.9. The third-order valence-electron chi connectivity index (χ3n) is 6.14. The fourth-order valence-electron chi connectivity index (χ4n) is 4.45. The number of halogens is 1. The summed E-state index contributed by atoms with van der Waals surface area (Å²) in [7, 11) is 0. The van der Waals surface area contributed by atoms with Crippen molar-refractivity contribution in [1.29, 1.82) is 5.26 Å². The van der Waals surface area contributed by atoms with Crippen molar-refractivity contribution >= 4 is 35.7 Å². The summed E-state index contributed by atoms with van der Waals surface area (Å²) in [4.78, 5) is 29.0. The normalized spacial score (nSPS) is 11.8. The second-order valence-corrected chi connectivity index (χ2v) is 9.76. The van der Waals surface area contributed by atoms with E-state index in [1.54, 1.807) is 30.5 Å². The van der Waals surface area contributed by atoms with Gasteiger partial charge in [-0.15, -0.1) is 0 Å². The number of fused-ring (bicyclic) bond motifs is 3. The maximum Gasteiger partial charge on any atom is 0.407 e. The molecule has 6 nitrogen and oxygen atoms in total. The maximum atomic E-state index is 12.7. The van der Waals surface area contributed by atoms with Crippen LogP contribution in [0, 0.1) is 11.3 Å². The van der Waals surface area contributed by atoms with Gasteiger partial charge in [-0.3, -0.25) is 4.79 Å². The minimum atomic E-state index is -0.581. The van der Waals surface area contributed by atoms with Crippen LogP contribution >= 0.6 is 23.4 Å². The molecule has 1 aromatic heterocycles. The second-order valence-electron chi connectivity index (χ2n) is 8.35. The van der Waals surface area contributed by atoms with Gasteiger partial charge in [0.2, 0.25) is 0 Å². The van der Waals surface area contributed by atoms with Gasteiger partial charge in [-0.25, -0.2) is 9.78 Å². The third kappa shape index (κ3) is 5.08. The molecule has 1 aliphatic rings. The van der Waals surface area contributed by atoms with E-state index < -0.39 is 6.09 Å². The first-order valence-electron chi connectivity index (χ1n) is 11.5. The van der Waals surface area contributed by atoms with E-state index in [2.05, 4.69) is 40.6 Å². The van der Waals surface area contributed by atoms with Crippen LogP contribution in [-0.2, 0) is 11.3 Å². The van der Waals surface area contributed by atoms with Gasteiger partial charge >= 0.3 is 6.09 Å². The maximum absolute atomic E-state index is 12.7. The smallest absolute Gasteiger partial charge is 0.407 e. The van der Waals surface area contributed by atoms with Crippen LogP contribution in [-0.4, -0.2) is 24.0 Å². The van der Waals surface area contributed by atoms with E-state index in [4.69, 9.17) is 16.3 Å². The minimum absolute atomic E-state index is 0.0495. The summed E-state index contributed by atoms with van der Waals surface area (Å²) in [5, 5.41) is 13.0. The number of hydrogen-bond acceptors (Lipinski definition) is 6. The lowest BCUT2D eigenvalue weighted by molar-refractivity contribution is 0.112. The van der Waals surface area contributed by atoms with Crippen molar-refractivity contribution in [3.8, 4) is 17.2 Å². The lowest BCUT2D eigenvalue weighted by Crippen LogP contribution is -2.26. The first-order valence-corrected chi connectivity index (χ1v) is 12.7. The Kier molecular flexibility index (Phi) is 7.22. The minimum Gasteiger partial charge on any atom is -0.449 e. The average Bonchev–Trinajstić information content (AvgIpc) is 3.25. The molecule has 5 rings (SSSR count). The van der Waals surface area contributed by atoms with Crippen molar-refractivity contribution in [3.05, 3.63) is 112 Å². The number of aromatic nitrogens is 1. The van der Waals surface area contributed by atoms with Crippen molar-refractivity contribution < 1.29 is 14.3 Å². The number of aldehydes is 1. The highest BCUT2D eigenvalue weighted by molar-refractivity contribution is 7.99. The molecular formula is C29H20ClN3O3S. The van der Waals surface area contributed by atoms with Crippen LogP contribution in [0.2, 0.25) is 5.02 Å². The number of nitrogens with zero attached hydrogens (tertiary/aromatic N) is 2. The number of alkyl carbamates (subject to hydrolysis) is 1. The lowest BCUT2D eigenvalue weighted by Gasteiger charge is -2.16. The highest BCUT2D eigenvalue weighted by Crippen LogP contribution is 2.44. The molecule has 0 aliphatic heterocycles. The molecule has 0 bridgehead atoms. The van der Waals surface area contributed by atoms with Crippen LogP contribution in [0.5, 0.6) is 0 Å². The van der Waals surface area contributed by atoms with E-state index in [0.717, 1.165) is 28.5 Å². The highest BCUT2D eigenvalue weighted by Gasteiger charge is 2.29. The van der Waals surface area contributed by atoms with Crippen LogP contribution in [0.4, 0.5) is 4.79 Å². The van der Waals surface area contributed by atoms with E-state index >= 15 is 0 Å². The molecule has 1 aliphatic carbocycles. The largest absolute Gasteiger partial charge is 0.449 e. The Morgan fingerprint density at radius 1 is 1.08 bits per heavy atom. The van der Waals surface area contributed by atoms with Crippen LogP contribution in [0.1, 0.15) is 38.5 Å². The first-order chi connectivity index (χ1) is 18.1. The second kappa shape index (κ2) is 10.9. The van der Waals surface area contributed by atoms with E-state index in [9.17, 15) is 14.9 Å². The van der Waals surface area contributed by atoms with Crippen molar-refractivity contribution in [2.24, 2.45) is 0 Å². The molecule has 8 heteroatoms. The molecule has 1 heterocycles. The molecule has 37 heavy (non-hydrogen) atoms. The Hall–Kier alpha value is -4.12. The average molecular weight is 526 g/mol.